The van der Waals surface area contributed by atoms with Crippen LogP contribution in [-0.2, 0) is 9.63 Å². The Morgan fingerprint density at radius 2 is 2.21 bits per heavy atom. The summed E-state index contributed by atoms with van der Waals surface area (Å²) in [5.41, 5.74) is 5.22. The number of rotatable bonds is 8. The zero-order chi connectivity index (χ0) is 10.8. The minimum Gasteiger partial charge on any atom is -0.356 e. The fourth-order valence-corrected chi connectivity index (χ4v) is 0.790. The van der Waals surface area contributed by atoms with Gasteiger partial charge in [0.25, 0.3) is 5.09 Å². The third-order valence-electron chi connectivity index (χ3n) is 1.45. The van der Waals surface area contributed by atoms with E-state index in [1.807, 2.05) is 0 Å². The monoisotopic (exact) mass is 205 g/mol. The maximum Gasteiger partial charge on any atom is 0.294 e. The summed E-state index contributed by atoms with van der Waals surface area (Å²) in [6.45, 7) is 1.04. The van der Waals surface area contributed by atoms with Crippen LogP contribution in [-0.4, -0.2) is 30.7 Å². The molecule has 0 aromatic rings. The number of nitrogens with one attached hydrogen (secondary N) is 1. The van der Waals surface area contributed by atoms with Gasteiger partial charge < -0.3 is 15.9 Å². The molecular formula is C7H15N3O4. The van der Waals surface area contributed by atoms with E-state index in [2.05, 4.69) is 10.2 Å². The van der Waals surface area contributed by atoms with E-state index in [4.69, 9.17) is 5.73 Å². The Bertz CT molecular complexity index is 186. The SMILES string of the molecule is NCCCNC(=O)CCCO[N+](=O)[O-]. The van der Waals surface area contributed by atoms with Crippen LogP contribution in [0.5, 0.6) is 0 Å². The van der Waals surface area contributed by atoms with E-state index in [0.717, 1.165) is 6.42 Å². The van der Waals surface area contributed by atoms with Gasteiger partial charge in [-0.1, -0.05) is 0 Å². The summed E-state index contributed by atoms with van der Waals surface area (Å²) >= 11 is 0. The second-order valence-electron chi connectivity index (χ2n) is 2.65. The van der Waals surface area contributed by atoms with Crippen molar-refractivity contribution in [1.82, 2.24) is 5.32 Å². The number of carbonyl (C=O) groups excluding carboxylic acids is 1. The van der Waals surface area contributed by atoms with Crippen LogP contribution in [0.3, 0.4) is 0 Å². The third-order valence-corrected chi connectivity index (χ3v) is 1.45. The largest absolute Gasteiger partial charge is 0.356 e. The van der Waals surface area contributed by atoms with Crippen molar-refractivity contribution in [3.8, 4) is 0 Å². The summed E-state index contributed by atoms with van der Waals surface area (Å²) in [6.07, 6.45) is 1.31. The fraction of sp³-hybridized carbons (Fsp3) is 0.857. The van der Waals surface area contributed by atoms with Gasteiger partial charge in [-0.3, -0.25) is 4.79 Å². The van der Waals surface area contributed by atoms with Crippen molar-refractivity contribution >= 4 is 5.91 Å². The van der Waals surface area contributed by atoms with Gasteiger partial charge in [0.2, 0.25) is 5.91 Å². The Morgan fingerprint density at radius 1 is 1.50 bits per heavy atom. The molecule has 82 valence electrons. The number of carbonyl (C=O) groups is 1. The topological polar surface area (TPSA) is 107 Å². The van der Waals surface area contributed by atoms with Crippen molar-refractivity contribution in [2.45, 2.75) is 19.3 Å². The molecule has 0 aliphatic rings. The molecule has 0 saturated heterocycles. The van der Waals surface area contributed by atoms with Gasteiger partial charge in [0.15, 0.2) is 0 Å². The van der Waals surface area contributed by atoms with Crippen molar-refractivity contribution in [3.05, 3.63) is 10.1 Å². The summed E-state index contributed by atoms with van der Waals surface area (Å²) in [5, 5.41) is 11.5. The Balaban J connectivity index is 3.22. The highest BCUT2D eigenvalue weighted by atomic mass is 16.9. The summed E-state index contributed by atoms with van der Waals surface area (Å²) in [4.78, 5) is 24.7. The van der Waals surface area contributed by atoms with E-state index in [-0.39, 0.29) is 18.9 Å². The molecule has 0 saturated carbocycles. The molecule has 0 aromatic heterocycles. The first-order valence-electron chi connectivity index (χ1n) is 4.41. The molecule has 0 bridgehead atoms. The van der Waals surface area contributed by atoms with Crippen LogP contribution in [0.4, 0.5) is 0 Å². The smallest absolute Gasteiger partial charge is 0.294 e. The van der Waals surface area contributed by atoms with Gasteiger partial charge >= 0.3 is 0 Å². The molecule has 1 amide bonds. The molecule has 0 rings (SSSR count). The Kier molecular flexibility index (Phi) is 7.43. The standard InChI is InChI=1S/C7H15N3O4/c8-4-2-5-9-7(11)3-1-6-14-10(12)13/h1-6,8H2,(H,9,11). The first kappa shape index (κ1) is 12.6. The first-order valence-corrected chi connectivity index (χ1v) is 4.41. The van der Waals surface area contributed by atoms with E-state index in [1.165, 1.54) is 0 Å². The van der Waals surface area contributed by atoms with Gasteiger partial charge in [-0.15, -0.1) is 10.1 Å². The summed E-state index contributed by atoms with van der Waals surface area (Å²) in [5.74, 6) is -0.134. The molecule has 14 heavy (non-hydrogen) atoms. The quantitative estimate of drug-likeness (QED) is 0.314. The molecule has 0 aliphatic heterocycles. The predicted molar refractivity (Wildman–Crippen MR) is 48.9 cm³/mol. The molecule has 0 spiro atoms. The molecule has 0 atom stereocenters. The van der Waals surface area contributed by atoms with Crippen LogP contribution in [0, 0.1) is 10.1 Å². The zero-order valence-corrected chi connectivity index (χ0v) is 7.90. The Labute approximate surface area is 81.7 Å². The Morgan fingerprint density at radius 3 is 2.79 bits per heavy atom. The van der Waals surface area contributed by atoms with Crippen molar-refractivity contribution in [3.63, 3.8) is 0 Å². The molecule has 7 nitrogen and oxygen atoms in total. The third kappa shape index (κ3) is 8.72. The highest BCUT2D eigenvalue weighted by Gasteiger charge is 2.01. The van der Waals surface area contributed by atoms with Crippen LogP contribution in [0.25, 0.3) is 0 Å². The second kappa shape index (κ2) is 8.24. The molecule has 0 aliphatic carbocycles. The second-order valence-corrected chi connectivity index (χ2v) is 2.65. The van der Waals surface area contributed by atoms with Crippen molar-refractivity contribution in [2.75, 3.05) is 19.7 Å². The van der Waals surface area contributed by atoms with Gasteiger partial charge in [-0.25, -0.2) is 0 Å². The van der Waals surface area contributed by atoms with Crippen molar-refractivity contribution < 1.29 is 14.7 Å². The molecule has 0 heterocycles. The lowest BCUT2D eigenvalue weighted by molar-refractivity contribution is -0.757. The lowest BCUT2D eigenvalue weighted by Crippen LogP contribution is -2.26. The number of hydrogen-bond donors (Lipinski definition) is 2. The van der Waals surface area contributed by atoms with Crippen LogP contribution >= 0.6 is 0 Å². The lowest BCUT2D eigenvalue weighted by atomic mass is 10.3. The van der Waals surface area contributed by atoms with E-state index in [1.54, 1.807) is 0 Å². The van der Waals surface area contributed by atoms with Crippen molar-refractivity contribution in [1.29, 1.82) is 0 Å². The van der Waals surface area contributed by atoms with Crippen LogP contribution < -0.4 is 11.1 Å². The number of hydrogen-bond acceptors (Lipinski definition) is 5. The molecule has 0 aromatic carbocycles. The normalized spacial score (nSPS) is 9.50. The summed E-state index contributed by atoms with van der Waals surface area (Å²) in [7, 11) is 0. The van der Waals surface area contributed by atoms with Gasteiger partial charge in [-0.05, 0) is 19.4 Å². The molecule has 0 fully saturated rings. The average molecular weight is 205 g/mol. The van der Waals surface area contributed by atoms with Gasteiger partial charge in [0.05, 0.1) is 6.61 Å². The van der Waals surface area contributed by atoms with Gasteiger partial charge in [-0.2, -0.15) is 0 Å². The minimum absolute atomic E-state index is 0.0443. The van der Waals surface area contributed by atoms with E-state index >= 15 is 0 Å². The number of nitrogens with two attached hydrogens (primary N) is 1. The zero-order valence-electron chi connectivity index (χ0n) is 7.90. The maximum absolute atomic E-state index is 11.0. The predicted octanol–water partition coefficient (Wildman–Crippen LogP) is -0.560. The van der Waals surface area contributed by atoms with Gasteiger partial charge in [0.1, 0.15) is 0 Å². The molecule has 3 N–H and O–H groups in total. The molecule has 7 heteroatoms. The molecule has 0 unspecified atom stereocenters. The average Bonchev–Trinajstić information content (AvgIpc) is 2.13. The molecule has 0 radical (unpaired) electrons. The van der Waals surface area contributed by atoms with Crippen LogP contribution in [0.1, 0.15) is 19.3 Å². The van der Waals surface area contributed by atoms with Crippen LogP contribution in [0.15, 0.2) is 0 Å². The lowest BCUT2D eigenvalue weighted by Gasteiger charge is -2.03. The summed E-state index contributed by atoms with van der Waals surface area (Å²) < 4.78 is 0. The van der Waals surface area contributed by atoms with E-state index in [0.29, 0.717) is 19.5 Å². The van der Waals surface area contributed by atoms with E-state index in [9.17, 15) is 14.9 Å². The molecular weight excluding hydrogens is 190 g/mol. The Hall–Kier alpha value is -1.37. The van der Waals surface area contributed by atoms with Crippen molar-refractivity contribution in [2.24, 2.45) is 5.73 Å². The highest BCUT2D eigenvalue weighted by molar-refractivity contribution is 5.75. The number of nitrogens with zero attached hydrogens (tertiary/aromatic N) is 1. The number of amides is 1. The maximum atomic E-state index is 11.0. The van der Waals surface area contributed by atoms with E-state index < -0.39 is 5.09 Å². The summed E-state index contributed by atoms with van der Waals surface area (Å²) in [6, 6.07) is 0. The van der Waals surface area contributed by atoms with Crippen LogP contribution in [0.2, 0.25) is 0 Å². The highest BCUT2D eigenvalue weighted by Crippen LogP contribution is 1.90. The first-order chi connectivity index (χ1) is 6.66. The fourth-order valence-electron chi connectivity index (χ4n) is 0.790. The van der Waals surface area contributed by atoms with Gasteiger partial charge in [0, 0.05) is 13.0 Å². The minimum atomic E-state index is -0.869.